The van der Waals surface area contributed by atoms with E-state index in [1.807, 2.05) is 19.3 Å². The van der Waals surface area contributed by atoms with Gasteiger partial charge in [0.2, 0.25) is 5.88 Å². The molecule has 0 bridgehead atoms. The van der Waals surface area contributed by atoms with E-state index in [2.05, 4.69) is 29.9 Å². The maximum atomic E-state index is 5.97. The van der Waals surface area contributed by atoms with Crippen LogP contribution in [-0.2, 0) is 7.05 Å². The zero-order valence-corrected chi connectivity index (χ0v) is 15.5. The van der Waals surface area contributed by atoms with E-state index in [0.717, 1.165) is 48.5 Å². The van der Waals surface area contributed by atoms with E-state index in [-0.39, 0.29) is 0 Å². The first-order valence-corrected chi connectivity index (χ1v) is 9.60. The highest BCUT2D eigenvalue weighted by atomic mass is 16.5. The molecule has 8 heteroatoms. The topological polar surface area (TPSA) is 81.9 Å². The van der Waals surface area contributed by atoms with E-state index in [0.29, 0.717) is 24.3 Å². The summed E-state index contributed by atoms with van der Waals surface area (Å²) in [6, 6.07) is 2.01. The molecule has 0 radical (unpaired) electrons. The molecule has 0 amide bonds. The molecule has 0 unspecified atom stereocenters. The molecule has 0 atom stereocenters. The third-order valence-electron chi connectivity index (χ3n) is 5.55. The third-order valence-corrected chi connectivity index (χ3v) is 5.55. The van der Waals surface area contributed by atoms with Crippen LogP contribution >= 0.6 is 0 Å². The maximum absolute atomic E-state index is 5.97. The highest BCUT2D eigenvalue weighted by Crippen LogP contribution is 2.39. The summed E-state index contributed by atoms with van der Waals surface area (Å²) in [6.07, 6.45) is 9.73. The minimum Gasteiger partial charge on any atom is -0.477 e. The number of nitrogens with zero attached hydrogens (tertiary/aromatic N) is 7. The Morgan fingerprint density at radius 1 is 1.04 bits per heavy atom. The average molecular weight is 365 g/mol. The van der Waals surface area contributed by atoms with Gasteiger partial charge in [-0.1, -0.05) is 0 Å². The van der Waals surface area contributed by atoms with Crippen molar-refractivity contribution < 1.29 is 4.74 Å². The lowest BCUT2D eigenvalue weighted by Gasteiger charge is -2.32. The lowest BCUT2D eigenvalue weighted by molar-refractivity contribution is 0.215. The van der Waals surface area contributed by atoms with Crippen molar-refractivity contribution in [3.05, 3.63) is 30.6 Å². The lowest BCUT2D eigenvalue weighted by atomic mass is 9.97. The van der Waals surface area contributed by atoms with Crippen molar-refractivity contribution in [1.29, 1.82) is 0 Å². The van der Waals surface area contributed by atoms with Gasteiger partial charge in [-0.15, -0.1) is 0 Å². The molecule has 0 N–H and O–H groups in total. The van der Waals surface area contributed by atoms with Gasteiger partial charge >= 0.3 is 0 Å². The maximum Gasteiger partial charge on any atom is 0.216 e. The largest absolute Gasteiger partial charge is 0.477 e. The van der Waals surface area contributed by atoms with E-state index < -0.39 is 0 Å². The summed E-state index contributed by atoms with van der Waals surface area (Å²) >= 11 is 0. The number of hydrogen-bond acceptors (Lipinski definition) is 7. The molecule has 0 spiro atoms. The highest BCUT2D eigenvalue weighted by molar-refractivity contribution is 5.86. The number of aromatic nitrogens is 6. The fourth-order valence-corrected chi connectivity index (χ4v) is 3.75. The minimum atomic E-state index is 0.534. The monoisotopic (exact) mass is 365 g/mol. The molecule has 1 saturated carbocycles. The summed E-state index contributed by atoms with van der Waals surface area (Å²) in [5.74, 6) is 2.85. The Balaban J connectivity index is 1.19. The van der Waals surface area contributed by atoms with Gasteiger partial charge in [0.05, 0.1) is 23.9 Å². The quantitative estimate of drug-likeness (QED) is 0.686. The Kier molecular flexibility index (Phi) is 4.10. The molecule has 2 fully saturated rings. The Morgan fingerprint density at radius 2 is 1.85 bits per heavy atom. The molecule has 27 heavy (non-hydrogen) atoms. The van der Waals surface area contributed by atoms with Crippen molar-refractivity contribution in [2.45, 2.75) is 31.6 Å². The van der Waals surface area contributed by atoms with Crippen LogP contribution in [0.2, 0.25) is 0 Å². The van der Waals surface area contributed by atoms with Gasteiger partial charge in [-0.25, -0.2) is 19.9 Å². The van der Waals surface area contributed by atoms with Crippen LogP contribution in [0, 0.1) is 5.92 Å². The van der Waals surface area contributed by atoms with Gasteiger partial charge in [-0.2, -0.15) is 5.10 Å². The van der Waals surface area contributed by atoms with Crippen LogP contribution in [0.4, 0.5) is 5.82 Å². The number of piperidine rings is 1. The van der Waals surface area contributed by atoms with Crippen LogP contribution < -0.4 is 9.64 Å². The molecule has 1 saturated heterocycles. The Bertz CT molecular complexity index is 944. The summed E-state index contributed by atoms with van der Waals surface area (Å²) in [7, 11) is 1.91. The normalized spacial score (nSPS) is 18.2. The van der Waals surface area contributed by atoms with Gasteiger partial charge in [0.25, 0.3) is 0 Å². The minimum absolute atomic E-state index is 0.534. The molecule has 4 heterocycles. The Labute approximate surface area is 157 Å². The smallest absolute Gasteiger partial charge is 0.216 e. The SMILES string of the molecule is Cn1ncc2c(N3CCC(COc4cc(C5CC5)ncn4)CC3)ncnc21. The first-order chi connectivity index (χ1) is 13.3. The summed E-state index contributed by atoms with van der Waals surface area (Å²) < 4.78 is 7.76. The summed E-state index contributed by atoms with van der Waals surface area (Å²) in [4.78, 5) is 19.8. The zero-order chi connectivity index (χ0) is 18.2. The van der Waals surface area contributed by atoms with Gasteiger partial charge in [0.1, 0.15) is 18.5 Å². The van der Waals surface area contributed by atoms with Crippen molar-refractivity contribution >= 4 is 16.9 Å². The lowest BCUT2D eigenvalue weighted by Crippen LogP contribution is -2.36. The zero-order valence-electron chi connectivity index (χ0n) is 15.5. The van der Waals surface area contributed by atoms with Gasteiger partial charge in [-0.3, -0.25) is 4.68 Å². The van der Waals surface area contributed by atoms with Gasteiger partial charge in [0, 0.05) is 32.1 Å². The van der Waals surface area contributed by atoms with Crippen LogP contribution in [0.1, 0.15) is 37.3 Å². The van der Waals surface area contributed by atoms with E-state index in [1.54, 1.807) is 17.3 Å². The first-order valence-electron chi connectivity index (χ1n) is 9.60. The molecule has 1 aliphatic carbocycles. The van der Waals surface area contributed by atoms with E-state index in [1.165, 1.54) is 12.8 Å². The second kappa shape index (κ2) is 6.75. The van der Waals surface area contributed by atoms with E-state index >= 15 is 0 Å². The van der Waals surface area contributed by atoms with Crippen LogP contribution in [0.15, 0.2) is 24.9 Å². The third kappa shape index (κ3) is 3.31. The number of hydrogen-bond donors (Lipinski definition) is 0. The van der Waals surface area contributed by atoms with Crippen LogP contribution in [0.3, 0.4) is 0 Å². The summed E-state index contributed by atoms with van der Waals surface area (Å²) in [5, 5.41) is 5.33. The van der Waals surface area contributed by atoms with Crippen molar-refractivity contribution in [2.75, 3.05) is 24.6 Å². The molecular weight excluding hydrogens is 342 g/mol. The van der Waals surface area contributed by atoms with Crippen molar-refractivity contribution in [3.8, 4) is 5.88 Å². The highest BCUT2D eigenvalue weighted by Gasteiger charge is 2.26. The number of rotatable bonds is 5. The summed E-state index contributed by atoms with van der Waals surface area (Å²) in [5.41, 5.74) is 2.00. The predicted molar refractivity (Wildman–Crippen MR) is 101 cm³/mol. The fourth-order valence-electron chi connectivity index (χ4n) is 3.75. The van der Waals surface area contributed by atoms with Crippen molar-refractivity contribution in [1.82, 2.24) is 29.7 Å². The number of fused-ring (bicyclic) bond motifs is 1. The van der Waals surface area contributed by atoms with Gasteiger partial charge in [0.15, 0.2) is 5.65 Å². The van der Waals surface area contributed by atoms with E-state index in [4.69, 9.17) is 4.74 Å². The van der Waals surface area contributed by atoms with Crippen molar-refractivity contribution in [2.24, 2.45) is 13.0 Å². The number of anilines is 1. The summed E-state index contributed by atoms with van der Waals surface area (Å²) in [6.45, 7) is 2.64. The molecule has 3 aromatic rings. The molecule has 140 valence electrons. The molecule has 2 aliphatic rings. The average Bonchev–Trinajstić information content (AvgIpc) is 3.50. The predicted octanol–water partition coefficient (Wildman–Crippen LogP) is 2.33. The number of aryl methyl sites for hydroxylation is 1. The van der Waals surface area contributed by atoms with Crippen LogP contribution in [0.5, 0.6) is 5.88 Å². The Hall–Kier alpha value is -2.77. The second-order valence-electron chi connectivity index (χ2n) is 7.50. The van der Waals surface area contributed by atoms with Crippen molar-refractivity contribution in [3.63, 3.8) is 0 Å². The van der Waals surface area contributed by atoms with Crippen LogP contribution in [-0.4, -0.2) is 49.4 Å². The van der Waals surface area contributed by atoms with Crippen LogP contribution in [0.25, 0.3) is 11.0 Å². The molecule has 0 aromatic carbocycles. The molecular formula is C19H23N7O. The number of ether oxygens (including phenoxy) is 1. The Morgan fingerprint density at radius 3 is 2.67 bits per heavy atom. The van der Waals surface area contributed by atoms with Gasteiger partial charge < -0.3 is 9.64 Å². The standard InChI is InChI=1S/C19H23N7O/c1-25-18-15(9-24-25)19(23-12-22-18)26-6-4-13(5-7-26)10-27-17-8-16(14-2-3-14)20-11-21-17/h8-9,11-14H,2-7,10H2,1H3. The molecule has 5 rings (SSSR count). The second-order valence-corrected chi connectivity index (χ2v) is 7.50. The fraction of sp³-hybridized carbons (Fsp3) is 0.526. The molecule has 1 aliphatic heterocycles. The molecule has 3 aromatic heterocycles. The first kappa shape index (κ1) is 16.4. The van der Waals surface area contributed by atoms with E-state index in [9.17, 15) is 0 Å². The van der Waals surface area contributed by atoms with Gasteiger partial charge in [-0.05, 0) is 31.6 Å². The molecule has 8 nitrogen and oxygen atoms in total.